The smallest absolute Gasteiger partial charge is 0.193 e. The van der Waals surface area contributed by atoms with Crippen LogP contribution in [0.5, 0.6) is 0 Å². The zero-order chi connectivity index (χ0) is 15.2. The van der Waals surface area contributed by atoms with Crippen LogP contribution < -0.4 is 11.1 Å². The minimum Gasteiger partial charge on any atom is -0.468 e. The fourth-order valence-corrected chi connectivity index (χ4v) is 2.81. The van der Waals surface area contributed by atoms with E-state index in [-0.39, 0.29) is 6.04 Å². The second-order valence-electron chi connectivity index (χ2n) is 5.49. The minimum atomic E-state index is 0.161. The Morgan fingerprint density at radius 1 is 1.18 bits per heavy atom. The van der Waals surface area contributed by atoms with Gasteiger partial charge >= 0.3 is 0 Å². The quantitative estimate of drug-likeness (QED) is 0.658. The van der Waals surface area contributed by atoms with Crippen LogP contribution in [-0.2, 0) is 0 Å². The summed E-state index contributed by atoms with van der Waals surface area (Å²) < 4.78 is 5.59. The molecule has 1 saturated heterocycles. The van der Waals surface area contributed by atoms with Gasteiger partial charge in [-0.3, -0.25) is 9.89 Å². The summed E-state index contributed by atoms with van der Waals surface area (Å²) in [6, 6.07) is 13.9. The number of hydrogen-bond donors (Lipinski definition) is 2. The van der Waals surface area contributed by atoms with Gasteiger partial charge in [-0.15, -0.1) is 0 Å². The fraction of sp³-hybridized carbons (Fsp3) is 0.353. The van der Waals surface area contributed by atoms with E-state index >= 15 is 0 Å². The zero-order valence-corrected chi connectivity index (χ0v) is 12.6. The molecule has 1 unspecified atom stereocenters. The van der Waals surface area contributed by atoms with Gasteiger partial charge in [-0.2, -0.15) is 0 Å². The van der Waals surface area contributed by atoms with Gasteiger partial charge < -0.3 is 15.5 Å². The monoisotopic (exact) mass is 298 g/mol. The fourth-order valence-electron chi connectivity index (χ4n) is 2.81. The van der Waals surface area contributed by atoms with Crippen molar-refractivity contribution in [3.8, 4) is 0 Å². The molecule has 0 spiro atoms. The molecule has 5 nitrogen and oxygen atoms in total. The van der Waals surface area contributed by atoms with Gasteiger partial charge in [0.05, 0.1) is 18.8 Å². The maximum atomic E-state index is 6.00. The molecular weight excluding hydrogens is 276 g/mol. The highest BCUT2D eigenvalue weighted by Gasteiger charge is 2.25. The van der Waals surface area contributed by atoms with Gasteiger partial charge in [0.15, 0.2) is 5.96 Å². The van der Waals surface area contributed by atoms with Crippen molar-refractivity contribution < 1.29 is 4.42 Å². The average Bonchev–Trinajstić information content (AvgIpc) is 3.22. The Morgan fingerprint density at radius 3 is 2.64 bits per heavy atom. The second kappa shape index (κ2) is 7.13. The largest absolute Gasteiger partial charge is 0.468 e. The third-order valence-electron chi connectivity index (χ3n) is 3.93. The van der Waals surface area contributed by atoms with E-state index in [0.29, 0.717) is 12.5 Å². The number of anilines is 1. The van der Waals surface area contributed by atoms with Crippen molar-refractivity contribution in [3.63, 3.8) is 0 Å². The summed E-state index contributed by atoms with van der Waals surface area (Å²) in [5.74, 6) is 1.39. The molecule has 1 atom stereocenters. The van der Waals surface area contributed by atoms with E-state index < -0.39 is 0 Å². The van der Waals surface area contributed by atoms with E-state index in [1.54, 1.807) is 6.26 Å². The van der Waals surface area contributed by atoms with Gasteiger partial charge in [-0.1, -0.05) is 18.2 Å². The number of rotatable bonds is 5. The van der Waals surface area contributed by atoms with E-state index in [2.05, 4.69) is 15.2 Å². The van der Waals surface area contributed by atoms with Gasteiger partial charge in [0.2, 0.25) is 0 Å². The Morgan fingerprint density at radius 2 is 1.95 bits per heavy atom. The van der Waals surface area contributed by atoms with Gasteiger partial charge in [-0.25, -0.2) is 0 Å². The molecule has 3 rings (SSSR count). The number of nitrogens with two attached hydrogens (primary N) is 1. The highest BCUT2D eigenvalue weighted by Crippen LogP contribution is 2.25. The number of nitrogens with zero attached hydrogens (tertiary/aromatic N) is 2. The predicted octanol–water partition coefficient (Wildman–Crippen LogP) is 2.84. The van der Waals surface area contributed by atoms with Gasteiger partial charge in [0.25, 0.3) is 0 Å². The maximum absolute atomic E-state index is 6.00. The first kappa shape index (κ1) is 14.7. The first-order valence-corrected chi connectivity index (χ1v) is 7.72. The molecule has 22 heavy (non-hydrogen) atoms. The van der Waals surface area contributed by atoms with Gasteiger partial charge in [0.1, 0.15) is 5.76 Å². The summed E-state index contributed by atoms with van der Waals surface area (Å²) in [6.07, 6.45) is 4.19. The second-order valence-corrected chi connectivity index (χ2v) is 5.49. The number of benzene rings is 1. The third-order valence-corrected chi connectivity index (χ3v) is 3.93. The summed E-state index contributed by atoms with van der Waals surface area (Å²) >= 11 is 0. The number of para-hydroxylation sites is 1. The topological polar surface area (TPSA) is 66.8 Å². The highest BCUT2D eigenvalue weighted by atomic mass is 16.3. The molecule has 2 aromatic rings. The Hall–Kier alpha value is -2.27. The van der Waals surface area contributed by atoms with Crippen LogP contribution in [0.1, 0.15) is 24.6 Å². The van der Waals surface area contributed by atoms with Crippen molar-refractivity contribution in [1.82, 2.24) is 4.90 Å². The van der Waals surface area contributed by atoms with Crippen molar-refractivity contribution >= 4 is 11.6 Å². The van der Waals surface area contributed by atoms with E-state index in [1.165, 1.54) is 12.8 Å². The molecule has 0 bridgehead atoms. The molecule has 1 aliphatic rings. The van der Waals surface area contributed by atoms with E-state index in [9.17, 15) is 0 Å². The zero-order valence-electron chi connectivity index (χ0n) is 12.6. The Balaban J connectivity index is 1.66. The summed E-state index contributed by atoms with van der Waals surface area (Å²) in [5.41, 5.74) is 6.94. The molecule has 0 amide bonds. The lowest BCUT2D eigenvalue weighted by Gasteiger charge is -2.24. The van der Waals surface area contributed by atoms with Crippen molar-refractivity contribution in [1.29, 1.82) is 0 Å². The van der Waals surface area contributed by atoms with Crippen LogP contribution in [0.2, 0.25) is 0 Å². The normalized spacial score (nSPS) is 17.5. The lowest BCUT2D eigenvalue weighted by atomic mass is 10.2. The van der Waals surface area contributed by atoms with Crippen LogP contribution in [0.4, 0.5) is 5.69 Å². The van der Waals surface area contributed by atoms with Crippen LogP contribution in [0.3, 0.4) is 0 Å². The average molecular weight is 298 g/mol. The molecule has 0 aliphatic carbocycles. The molecule has 5 heteroatoms. The van der Waals surface area contributed by atoms with Gasteiger partial charge in [0, 0.05) is 5.69 Å². The van der Waals surface area contributed by atoms with Crippen molar-refractivity contribution in [3.05, 3.63) is 54.5 Å². The van der Waals surface area contributed by atoms with Crippen LogP contribution in [0.25, 0.3) is 0 Å². The van der Waals surface area contributed by atoms with Crippen LogP contribution in [0.15, 0.2) is 58.1 Å². The Labute approximate surface area is 130 Å². The first-order chi connectivity index (χ1) is 10.8. The summed E-state index contributed by atoms with van der Waals surface area (Å²) in [7, 11) is 0. The highest BCUT2D eigenvalue weighted by molar-refractivity contribution is 5.92. The van der Waals surface area contributed by atoms with Crippen molar-refractivity contribution in [2.45, 2.75) is 18.9 Å². The molecule has 0 radical (unpaired) electrons. The lowest BCUT2D eigenvalue weighted by molar-refractivity contribution is 0.221. The Bertz CT molecular complexity index is 588. The number of likely N-dealkylation sites (tertiary alicyclic amines) is 1. The molecular formula is C17H22N4O. The first-order valence-electron chi connectivity index (χ1n) is 7.72. The molecule has 1 fully saturated rings. The summed E-state index contributed by atoms with van der Waals surface area (Å²) in [5, 5.41) is 3.11. The molecule has 0 saturated carbocycles. The molecule has 3 N–H and O–H groups in total. The van der Waals surface area contributed by atoms with Crippen LogP contribution in [-0.4, -0.2) is 30.5 Å². The third kappa shape index (κ3) is 3.68. The SMILES string of the molecule is NC(=NCC(c1ccco1)N1CCCC1)Nc1ccccc1. The minimum absolute atomic E-state index is 0.161. The van der Waals surface area contributed by atoms with Crippen LogP contribution >= 0.6 is 0 Å². The predicted molar refractivity (Wildman–Crippen MR) is 88.8 cm³/mol. The molecule has 116 valence electrons. The number of aliphatic imine (C=N–C) groups is 1. The Kier molecular flexibility index (Phi) is 4.75. The molecule has 1 aliphatic heterocycles. The van der Waals surface area contributed by atoms with Crippen molar-refractivity contribution in [2.75, 3.05) is 25.0 Å². The summed E-state index contributed by atoms with van der Waals surface area (Å²) in [4.78, 5) is 6.92. The van der Waals surface area contributed by atoms with E-state index in [0.717, 1.165) is 24.5 Å². The van der Waals surface area contributed by atoms with Crippen molar-refractivity contribution in [2.24, 2.45) is 10.7 Å². The number of furan rings is 1. The summed E-state index contributed by atoms with van der Waals surface area (Å²) in [6.45, 7) is 2.78. The number of nitrogens with one attached hydrogen (secondary N) is 1. The molecule has 1 aromatic carbocycles. The lowest BCUT2D eigenvalue weighted by Crippen LogP contribution is -2.30. The van der Waals surface area contributed by atoms with Crippen LogP contribution in [0, 0.1) is 0 Å². The maximum Gasteiger partial charge on any atom is 0.193 e. The van der Waals surface area contributed by atoms with E-state index in [1.807, 2.05) is 42.5 Å². The van der Waals surface area contributed by atoms with E-state index in [4.69, 9.17) is 10.2 Å². The standard InChI is InChI=1S/C17H22N4O/c18-17(20-14-7-2-1-3-8-14)19-13-15(16-9-6-12-22-16)21-10-4-5-11-21/h1-3,6-9,12,15H,4-5,10-11,13H2,(H3,18,19,20). The number of guanidine groups is 1. The molecule has 1 aromatic heterocycles. The number of hydrogen-bond acceptors (Lipinski definition) is 3. The molecule has 2 heterocycles. The van der Waals surface area contributed by atoms with Gasteiger partial charge in [-0.05, 0) is 50.2 Å².